The number of benzene rings is 1. The van der Waals surface area contributed by atoms with Gasteiger partial charge in [0.1, 0.15) is 0 Å². The van der Waals surface area contributed by atoms with Gasteiger partial charge in [0.15, 0.2) is 0 Å². The number of thiophene rings is 1. The summed E-state index contributed by atoms with van der Waals surface area (Å²) in [4.78, 5) is 1.16. The number of rotatable bonds is 2. The summed E-state index contributed by atoms with van der Waals surface area (Å²) in [7, 11) is 0. The van der Waals surface area contributed by atoms with Crippen molar-refractivity contribution in [2.75, 3.05) is 0 Å². The van der Waals surface area contributed by atoms with Crippen LogP contribution in [0.1, 0.15) is 16.5 Å². The highest BCUT2D eigenvalue weighted by molar-refractivity contribution is 14.1. The van der Waals surface area contributed by atoms with E-state index in [-0.39, 0.29) is 6.04 Å². The molecule has 1 atom stereocenters. The first-order valence-corrected chi connectivity index (χ1v) is 8.07. The Bertz CT molecular complexity index is 512. The lowest BCUT2D eigenvalue weighted by molar-refractivity contribution is 0.881. The predicted molar refractivity (Wildman–Crippen MR) is 84.9 cm³/mol. The Labute approximate surface area is 129 Å². The van der Waals surface area contributed by atoms with E-state index in [0.29, 0.717) is 0 Å². The molecule has 1 aromatic heterocycles. The van der Waals surface area contributed by atoms with Crippen LogP contribution in [0, 0.1) is 3.57 Å². The molecule has 0 aliphatic heterocycles. The summed E-state index contributed by atoms with van der Waals surface area (Å²) in [5, 5.41) is 2.05. The summed E-state index contributed by atoms with van der Waals surface area (Å²) in [6.07, 6.45) is 0. The molecule has 0 bridgehead atoms. The van der Waals surface area contributed by atoms with Gasteiger partial charge in [-0.05, 0) is 73.7 Å². The molecular weight excluding hydrogens is 465 g/mol. The maximum atomic E-state index is 6.29. The normalized spacial score (nSPS) is 12.8. The molecule has 0 aliphatic rings. The molecule has 0 amide bonds. The van der Waals surface area contributed by atoms with Gasteiger partial charge < -0.3 is 5.73 Å². The van der Waals surface area contributed by atoms with Crippen molar-refractivity contribution >= 4 is 65.8 Å². The average Bonchev–Trinajstić information content (AvgIpc) is 2.67. The van der Waals surface area contributed by atoms with E-state index in [1.807, 2.05) is 17.5 Å². The monoisotopic (exact) mass is 471 g/mol. The van der Waals surface area contributed by atoms with Crippen molar-refractivity contribution in [1.29, 1.82) is 0 Å². The van der Waals surface area contributed by atoms with Crippen molar-refractivity contribution in [3.63, 3.8) is 0 Å². The fourth-order valence-electron chi connectivity index (χ4n) is 1.42. The molecule has 1 aromatic carbocycles. The minimum Gasteiger partial charge on any atom is -0.320 e. The van der Waals surface area contributed by atoms with E-state index < -0.39 is 0 Å². The van der Waals surface area contributed by atoms with Crippen LogP contribution in [0.5, 0.6) is 0 Å². The quantitative estimate of drug-likeness (QED) is 0.616. The lowest BCUT2D eigenvalue weighted by Gasteiger charge is -2.13. The fourth-order valence-corrected chi connectivity index (χ4v) is 4.11. The molecule has 0 saturated carbocycles. The van der Waals surface area contributed by atoms with Crippen LogP contribution in [0.25, 0.3) is 0 Å². The van der Waals surface area contributed by atoms with E-state index >= 15 is 0 Å². The average molecular weight is 473 g/mol. The molecule has 2 aromatic rings. The van der Waals surface area contributed by atoms with Crippen LogP contribution in [0.2, 0.25) is 0 Å². The van der Waals surface area contributed by atoms with E-state index in [2.05, 4.69) is 66.6 Å². The van der Waals surface area contributed by atoms with Crippen molar-refractivity contribution in [3.05, 3.63) is 52.6 Å². The van der Waals surface area contributed by atoms with E-state index in [4.69, 9.17) is 5.73 Å². The minimum atomic E-state index is -0.0706. The number of hydrogen-bond acceptors (Lipinski definition) is 2. The van der Waals surface area contributed by atoms with Gasteiger partial charge in [-0.25, -0.2) is 0 Å². The number of hydrogen-bond donors (Lipinski definition) is 1. The van der Waals surface area contributed by atoms with Crippen LogP contribution < -0.4 is 5.73 Å². The maximum absolute atomic E-state index is 6.29. The smallest absolute Gasteiger partial charge is 0.0668 e. The van der Waals surface area contributed by atoms with Crippen LogP contribution in [-0.2, 0) is 0 Å². The number of nitrogens with two attached hydrogens (primary N) is 1. The zero-order valence-corrected chi connectivity index (χ0v) is 14.2. The van der Waals surface area contributed by atoms with Gasteiger partial charge >= 0.3 is 0 Å². The second kappa shape index (κ2) is 5.48. The zero-order valence-electron chi connectivity index (χ0n) is 8.08. The third-order valence-electron chi connectivity index (χ3n) is 2.22. The molecule has 0 aliphatic carbocycles. The van der Waals surface area contributed by atoms with Crippen LogP contribution >= 0.6 is 65.8 Å². The molecule has 0 fully saturated rings. The van der Waals surface area contributed by atoms with Gasteiger partial charge in [0.25, 0.3) is 0 Å². The van der Waals surface area contributed by atoms with Gasteiger partial charge in [-0.3, -0.25) is 0 Å². The van der Waals surface area contributed by atoms with E-state index in [1.165, 1.54) is 3.57 Å². The standard InChI is InChI=1S/C11H8Br2INS/c12-6-1-2-9(14)7(5-6)10(15)11-8(13)3-4-16-11/h1-5,10H,15H2. The Morgan fingerprint density at radius 3 is 2.62 bits per heavy atom. The van der Waals surface area contributed by atoms with Crippen molar-refractivity contribution < 1.29 is 0 Å². The van der Waals surface area contributed by atoms with Crippen molar-refractivity contribution in [3.8, 4) is 0 Å². The largest absolute Gasteiger partial charge is 0.320 e. The summed E-state index contributed by atoms with van der Waals surface area (Å²) in [5.41, 5.74) is 7.44. The Hall–Kier alpha value is 0.570. The third-order valence-corrected chi connectivity index (χ3v) is 5.65. The molecule has 2 rings (SSSR count). The maximum Gasteiger partial charge on any atom is 0.0668 e. The first-order chi connectivity index (χ1) is 7.59. The fraction of sp³-hybridized carbons (Fsp3) is 0.0909. The highest BCUT2D eigenvalue weighted by atomic mass is 127. The summed E-state index contributed by atoms with van der Waals surface area (Å²) < 4.78 is 3.33. The van der Waals surface area contributed by atoms with Gasteiger partial charge in [-0.15, -0.1) is 11.3 Å². The Kier molecular flexibility index (Phi) is 4.45. The van der Waals surface area contributed by atoms with Crippen LogP contribution in [0.15, 0.2) is 38.6 Å². The zero-order chi connectivity index (χ0) is 11.7. The highest BCUT2D eigenvalue weighted by Gasteiger charge is 2.16. The molecule has 1 unspecified atom stereocenters. The molecule has 0 spiro atoms. The summed E-state index contributed by atoms with van der Waals surface area (Å²) in [5.74, 6) is 0. The molecule has 0 radical (unpaired) electrons. The van der Waals surface area contributed by atoms with Gasteiger partial charge in [-0.1, -0.05) is 15.9 Å². The van der Waals surface area contributed by atoms with E-state index in [1.54, 1.807) is 11.3 Å². The lowest BCUT2D eigenvalue weighted by Crippen LogP contribution is -2.12. The molecular formula is C11H8Br2INS. The van der Waals surface area contributed by atoms with Crippen LogP contribution in [-0.4, -0.2) is 0 Å². The Morgan fingerprint density at radius 1 is 1.25 bits per heavy atom. The van der Waals surface area contributed by atoms with Crippen molar-refractivity contribution in [2.24, 2.45) is 5.73 Å². The van der Waals surface area contributed by atoms with E-state index in [0.717, 1.165) is 19.4 Å². The van der Waals surface area contributed by atoms with Gasteiger partial charge in [0, 0.05) is 17.4 Å². The topological polar surface area (TPSA) is 26.0 Å². The Morgan fingerprint density at radius 2 is 2.00 bits per heavy atom. The predicted octanol–water partition coefficient (Wildman–Crippen LogP) is 4.93. The SMILES string of the molecule is NC(c1cc(Br)ccc1I)c1sccc1Br. The summed E-state index contributed by atoms with van der Waals surface area (Å²) in [6, 6.07) is 8.14. The summed E-state index contributed by atoms with van der Waals surface area (Å²) in [6.45, 7) is 0. The highest BCUT2D eigenvalue weighted by Crippen LogP contribution is 2.34. The first kappa shape index (κ1) is 13.0. The molecule has 1 heterocycles. The van der Waals surface area contributed by atoms with Gasteiger partial charge in [0.2, 0.25) is 0 Å². The lowest BCUT2D eigenvalue weighted by atomic mass is 10.1. The molecule has 16 heavy (non-hydrogen) atoms. The second-order valence-electron chi connectivity index (χ2n) is 3.28. The van der Waals surface area contributed by atoms with Gasteiger partial charge in [0.05, 0.1) is 6.04 Å². The molecule has 2 N–H and O–H groups in total. The summed E-state index contributed by atoms with van der Waals surface area (Å²) >= 11 is 11.0. The first-order valence-electron chi connectivity index (χ1n) is 4.53. The van der Waals surface area contributed by atoms with Gasteiger partial charge in [-0.2, -0.15) is 0 Å². The van der Waals surface area contributed by atoms with E-state index in [9.17, 15) is 0 Å². The molecule has 1 nitrogen and oxygen atoms in total. The molecule has 5 heteroatoms. The third kappa shape index (κ3) is 2.69. The van der Waals surface area contributed by atoms with Crippen LogP contribution in [0.4, 0.5) is 0 Å². The Balaban J connectivity index is 2.45. The number of halogens is 3. The van der Waals surface area contributed by atoms with Crippen molar-refractivity contribution in [2.45, 2.75) is 6.04 Å². The van der Waals surface area contributed by atoms with Crippen molar-refractivity contribution in [1.82, 2.24) is 0 Å². The molecule has 84 valence electrons. The second-order valence-corrected chi connectivity index (χ2v) is 7.16. The molecule has 0 saturated heterocycles. The minimum absolute atomic E-state index is 0.0706. The van der Waals surface area contributed by atoms with Crippen LogP contribution in [0.3, 0.4) is 0 Å².